The zero-order valence-electron chi connectivity index (χ0n) is 9.48. The van der Waals surface area contributed by atoms with Crippen molar-refractivity contribution in [2.75, 3.05) is 0 Å². The molecule has 0 aliphatic heterocycles. The predicted octanol–water partition coefficient (Wildman–Crippen LogP) is 2.12. The van der Waals surface area contributed by atoms with Crippen LogP contribution in [0.2, 0.25) is 0 Å². The van der Waals surface area contributed by atoms with E-state index in [4.69, 9.17) is 0 Å². The first kappa shape index (κ1) is 12.7. The Morgan fingerprint density at radius 3 is 2.83 bits per heavy atom. The van der Waals surface area contributed by atoms with Crippen molar-refractivity contribution in [3.05, 3.63) is 31.8 Å². The van der Waals surface area contributed by atoms with Gasteiger partial charge in [0.15, 0.2) is 5.82 Å². The Hall–Kier alpha value is -0.290. The van der Waals surface area contributed by atoms with Crippen LogP contribution in [0.15, 0.2) is 18.7 Å². The van der Waals surface area contributed by atoms with Crippen LogP contribution in [0.3, 0.4) is 0 Å². The molecule has 2 aromatic rings. The molecular formula is C11H11I2N5. The molecule has 5 nitrogen and oxygen atoms in total. The van der Waals surface area contributed by atoms with Gasteiger partial charge in [-0.2, -0.15) is 0 Å². The maximum Gasteiger partial charge on any atom is 0.157 e. The first-order valence-electron chi connectivity index (χ1n) is 5.67. The predicted molar refractivity (Wildman–Crippen MR) is 84.4 cm³/mol. The van der Waals surface area contributed by atoms with E-state index in [0.717, 1.165) is 25.5 Å². The molecule has 1 fully saturated rings. The molecule has 1 aliphatic rings. The summed E-state index contributed by atoms with van der Waals surface area (Å²) >= 11 is 4.48. The molecule has 18 heavy (non-hydrogen) atoms. The molecule has 1 N–H and O–H groups in total. The monoisotopic (exact) mass is 467 g/mol. The molecular weight excluding hydrogens is 456 g/mol. The van der Waals surface area contributed by atoms with Crippen molar-refractivity contribution < 1.29 is 0 Å². The summed E-state index contributed by atoms with van der Waals surface area (Å²) in [4.78, 5) is 13.1. The van der Waals surface area contributed by atoms with Crippen molar-refractivity contribution in [3.8, 4) is 5.82 Å². The van der Waals surface area contributed by atoms with E-state index in [1.807, 2.05) is 10.8 Å². The lowest BCUT2D eigenvalue weighted by Gasteiger charge is -2.06. The Morgan fingerprint density at radius 1 is 1.33 bits per heavy atom. The lowest BCUT2D eigenvalue weighted by atomic mass is 10.4. The molecule has 1 aliphatic carbocycles. The molecule has 0 atom stereocenters. The minimum absolute atomic E-state index is 0.685. The number of hydrogen-bond acceptors (Lipinski definition) is 4. The number of halogens is 2. The van der Waals surface area contributed by atoms with Crippen molar-refractivity contribution in [3.63, 3.8) is 0 Å². The molecule has 1 saturated carbocycles. The van der Waals surface area contributed by atoms with E-state index < -0.39 is 0 Å². The lowest BCUT2D eigenvalue weighted by Crippen LogP contribution is -2.17. The molecule has 0 bridgehead atoms. The highest BCUT2D eigenvalue weighted by Gasteiger charge is 2.20. The molecule has 7 heteroatoms. The molecule has 2 heterocycles. The van der Waals surface area contributed by atoms with Crippen LogP contribution in [-0.2, 0) is 6.54 Å². The van der Waals surface area contributed by atoms with Crippen LogP contribution in [0.25, 0.3) is 5.82 Å². The van der Waals surface area contributed by atoms with E-state index in [1.165, 1.54) is 12.8 Å². The Balaban J connectivity index is 1.83. The van der Waals surface area contributed by atoms with Crippen LogP contribution in [0.5, 0.6) is 0 Å². The fraction of sp³-hybridized carbons (Fsp3) is 0.364. The number of imidazole rings is 1. The molecule has 0 saturated heterocycles. The van der Waals surface area contributed by atoms with Crippen LogP contribution in [0, 0.1) is 7.40 Å². The van der Waals surface area contributed by atoms with Gasteiger partial charge in [-0.3, -0.25) is 9.55 Å². The molecule has 0 amide bonds. The second kappa shape index (κ2) is 5.37. The van der Waals surface area contributed by atoms with E-state index >= 15 is 0 Å². The largest absolute Gasteiger partial charge is 0.308 e. The summed E-state index contributed by atoms with van der Waals surface area (Å²) < 4.78 is 4.00. The minimum Gasteiger partial charge on any atom is -0.308 e. The van der Waals surface area contributed by atoms with Crippen molar-refractivity contribution >= 4 is 45.2 Å². The highest BCUT2D eigenvalue weighted by Crippen LogP contribution is 2.19. The maximum absolute atomic E-state index is 4.61. The van der Waals surface area contributed by atoms with Gasteiger partial charge in [-0.15, -0.1) is 0 Å². The standard InChI is InChI=1S/C11H11I2N5/c12-10-11(13)18(6-16-10)9-5-14-3-8(17-9)4-15-7-1-2-7/h3,5-7,15H,1-2,4H2. The summed E-state index contributed by atoms with van der Waals surface area (Å²) in [7, 11) is 0. The van der Waals surface area contributed by atoms with Gasteiger partial charge in [0.25, 0.3) is 0 Å². The number of hydrogen-bond donors (Lipinski definition) is 1. The van der Waals surface area contributed by atoms with Gasteiger partial charge in [0.1, 0.15) is 13.7 Å². The van der Waals surface area contributed by atoms with Gasteiger partial charge < -0.3 is 5.32 Å². The quantitative estimate of drug-likeness (QED) is 0.701. The third-order valence-corrected chi connectivity index (χ3v) is 5.59. The van der Waals surface area contributed by atoms with E-state index in [1.54, 1.807) is 12.5 Å². The Labute approximate surface area is 132 Å². The zero-order chi connectivity index (χ0) is 12.5. The molecule has 0 aromatic carbocycles. The summed E-state index contributed by atoms with van der Waals surface area (Å²) in [6.07, 6.45) is 7.93. The second-order valence-corrected chi connectivity index (χ2v) is 6.26. The molecule has 0 spiro atoms. The van der Waals surface area contributed by atoms with Gasteiger partial charge in [0.05, 0.1) is 11.9 Å². The topological polar surface area (TPSA) is 55.6 Å². The van der Waals surface area contributed by atoms with Gasteiger partial charge in [0.2, 0.25) is 0 Å². The van der Waals surface area contributed by atoms with Gasteiger partial charge in [-0.05, 0) is 58.0 Å². The normalized spacial score (nSPS) is 15.0. The third-order valence-electron chi connectivity index (χ3n) is 2.74. The van der Waals surface area contributed by atoms with Crippen LogP contribution in [0.4, 0.5) is 0 Å². The van der Waals surface area contributed by atoms with E-state index in [-0.39, 0.29) is 0 Å². The van der Waals surface area contributed by atoms with Crippen molar-refractivity contribution in [1.29, 1.82) is 0 Å². The highest BCUT2D eigenvalue weighted by molar-refractivity contribution is 14.1. The fourth-order valence-electron chi connectivity index (χ4n) is 1.60. The second-order valence-electron chi connectivity index (χ2n) is 4.22. The number of nitrogens with one attached hydrogen (secondary N) is 1. The average Bonchev–Trinajstić information content (AvgIpc) is 3.15. The van der Waals surface area contributed by atoms with E-state index in [2.05, 4.69) is 65.5 Å². The average molecular weight is 467 g/mol. The Morgan fingerprint density at radius 2 is 2.17 bits per heavy atom. The van der Waals surface area contributed by atoms with Crippen LogP contribution < -0.4 is 5.32 Å². The van der Waals surface area contributed by atoms with Gasteiger partial charge >= 0.3 is 0 Å². The summed E-state index contributed by atoms with van der Waals surface area (Å²) in [5, 5.41) is 3.44. The molecule has 2 aromatic heterocycles. The SMILES string of the molecule is Ic1ncn(-c2cncc(CNC3CC3)n2)c1I. The van der Waals surface area contributed by atoms with Crippen molar-refractivity contribution in [1.82, 2.24) is 24.8 Å². The first-order valence-corrected chi connectivity index (χ1v) is 7.83. The maximum atomic E-state index is 4.61. The lowest BCUT2D eigenvalue weighted by molar-refractivity contribution is 0.669. The number of nitrogens with zero attached hydrogens (tertiary/aromatic N) is 4. The van der Waals surface area contributed by atoms with Crippen LogP contribution in [0.1, 0.15) is 18.5 Å². The summed E-state index contributed by atoms with van der Waals surface area (Å²) in [5.41, 5.74) is 0.971. The smallest absolute Gasteiger partial charge is 0.157 e. The van der Waals surface area contributed by atoms with Crippen molar-refractivity contribution in [2.45, 2.75) is 25.4 Å². The Kier molecular flexibility index (Phi) is 3.80. The molecule has 0 radical (unpaired) electrons. The van der Waals surface area contributed by atoms with Gasteiger partial charge in [0, 0.05) is 18.8 Å². The number of rotatable bonds is 4. The third kappa shape index (κ3) is 2.82. The highest BCUT2D eigenvalue weighted by atomic mass is 127. The minimum atomic E-state index is 0.685. The van der Waals surface area contributed by atoms with Gasteiger partial charge in [-0.25, -0.2) is 9.97 Å². The van der Waals surface area contributed by atoms with Crippen LogP contribution >= 0.6 is 45.2 Å². The zero-order valence-corrected chi connectivity index (χ0v) is 13.8. The molecule has 0 unspecified atom stereocenters. The molecule has 94 valence electrons. The fourth-order valence-corrected chi connectivity index (χ4v) is 2.50. The van der Waals surface area contributed by atoms with Crippen molar-refractivity contribution in [2.24, 2.45) is 0 Å². The number of aromatic nitrogens is 4. The van der Waals surface area contributed by atoms with Gasteiger partial charge in [-0.1, -0.05) is 0 Å². The first-order chi connectivity index (χ1) is 8.74. The Bertz CT molecular complexity index is 564. The van der Waals surface area contributed by atoms with E-state index in [9.17, 15) is 0 Å². The summed E-state index contributed by atoms with van der Waals surface area (Å²) in [6, 6.07) is 0.685. The summed E-state index contributed by atoms with van der Waals surface area (Å²) in [6.45, 7) is 0.786. The summed E-state index contributed by atoms with van der Waals surface area (Å²) in [5.74, 6) is 0.824. The van der Waals surface area contributed by atoms with E-state index in [0.29, 0.717) is 6.04 Å². The molecule has 3 rings (SSSR count). The van der Waals surface area contributed by atoms with Crippen LogP contribution in [-0.4, -0.2) is 25.6 Å².